The summed E-state index contributed by atoms with van der Waals surface area (Å²) in [5, 5.41) is 0. The number of unbranched alkanes of at least 4 members (excludes halogenated alkanes) is 4. The normalized spacial score (nSPS) is 11.3. The summed E-state index contributed by atoms with van der Waals surface area (Å²) in [6, 6.07) is 7.11. The van der Waals surface area contributed by atoms with Crippen molar-refractivity contribution in [3.63, 3.8) is 0 Å². The molecule has 0 aliphatic carbocycles. The predicted octanol–water partition coefficient (Wildman–Crippen LogP) is 6.58. The summed E-state index contributed by atoms with van der Waals surface area (Å²) >= 11 is 0. The van der Waals surface area contributed by atoms with E-state index in [4.69, 9.17) is 0 Å². The Labute approximate surface area is 126 Å². The van der Waals surface area contributed by atoms with Crippen LogP contribution >= 0.6 is 0 Å². The van der Waals surface area contributed by atoms with Crippen LogP contribution in [-0.2, 0) is 12.8 Å². The fraction of sp³-hybridized carbons (Fsp3) is 0.600. The summed E-state index contributed by atoms with van der Waals surface area (Å²) in [6.07, 6.45) is 16.1. The van der Waals surface area contributed by atoms with Gasteiger partial charge in [0, 0.05) is 0 Å². The highest BCUT2D eigenvalue weighted by Gasteiger charge is 2.02. The van der Waals surface area contributed by atoms with Gasteiger partial charge in [0.05, 0.1) is 0 Å². The molecule has 0 saturated carbocycles. The molecule has 0 fully saturated rings. The van der Waals surface area contributed by atoms with Crippen LogP contribution in [0, 0.1) is 0 Å². The first-order valence-electron chi connectivity index (χ1n) is 8.60. The minimum atomic E-state index is 1.21. The number of hydrogen-bond donors (Lipinski definition) is 0. The average molecular weight is 272 g/mol. The number of rotatable bonds is 10. The molecule has 1 aromatic carbocycles. The first kappa shape index (κ1) is 17.0. The third kappa shape index (κ3) is 6.41. The topological polar surface area (TPSA) is 0 Å². The van der Waals surface area contributed by atoms with Crippen molar-refractivity contribution < 1.29 is 0 Å². The first-order valence-corrected chi connectivity index (χ1v) is 8.60. The molecule has 0 heteroatoms. The van der Waals surface area contributed by atoms with Crippen LogP contribution in [0.25, 0.3) is 6.08 Å². The van der Waals surface area contributed by atoms with Crippen LogP contribution in [0.15, 0.2) is 24.3 Å². The van der Waals surface area contributed by atoms with Crippen LogP contribution in [0.1, 0.15) is 82.4 Å². The predicted molar refractivity (Wildman–Crippen MR) is 92.2 cm³/mol. The number of aryl methyl sites for hydroxylation is 2. The van der Waals surface area contributed by atoms with E-state index in [0.29, 0.717) is 0 Å². The Morgan fingerprint density at radius 3 is 2.25 bits per heavy atom. The highest BCUT2D eigenvalue weighted by atomic mass is 14.1. The summed E-state index contributed by atoms with van der Waals surface area (Å²) in [6.45, 7) is 6.80. The zero-order chi connectivity index (χ0) is 14.6. The lowest BCUT2D eigenvalue weighted by molar-refractivity contribution is 0.779. The van der Waals surface area contributed by atoms with Crippen molar-refractivity contribution in [2.24, 2.45) is 0 Å². The molecule has 0 aliphatic rings. The van der Waals surface area contributed by atoms with Crippen molar-refractivity contribution in [3.8, 4) is 0 Å². The van der Waals surface area contributed by atoms with Crippen LogP contribution in [0.5, 0.6) is 0 Å². The van der Waals surface area contributed by atoms with E-state index in [1.807, 2.05) is 0 Å². The monoisotopic (exact) mass is 272 g/mol. The van der Waals surface area contributed by atoms with E-state index in [2.05, 4.69) is 51.1 Å². The van der Waals surface area contributed by atoms with Gasteiger partial charge in [-0.3, -0.25) is 0 Å². The molecule has 0 radical (unpaired) electrons. The molecule has 112 valence electrons. The Balaban J connectivity index is 2.76. The molecule has 1 aromatic rings. The Morgan fingerprint density at radius 2 is 1.55 bits per heavy atom. The maximum Gasteiger partial charge on any atom is -0.0228 e. The number of allylic oxidation sites excluding steroid dienone is 1. The lowest BCUT2D eigenvalue weighted by atomic mass is 9.96. The van der Waals surface area contributed by atoms with Crippen molar-refractivity contribution in [3.05, 3.63) is 41.0 Å². The van der Waals surface area contributed by atoms with E-state index >= 15 is 0 Å². The molecule has 0 saturated heterocycles. The van der Waals surface area contributed by atoms with Gasteiger partial charge in [-0.1, -0.05) is 76.8 Å². The van der Waals surface area contributed by atoms with Gasteiger partial charge in [-0.2, -0.15) is 0 Å². The summed E-state index contributed by atoms with van der Waals surface area (Å²) in [4.78, 5) is 0. The van der Waals surface area contributed by atoms with Gasteiger partial charge in [-0.15, -0.1) is 0 Å². The Hall–Kier alpha value is -1.04. The average Bonchev–Trinajstić information content (AvgIpc) is 2.48. The summed E-state index contributed by atoms with van der Waals surface area (Å²) in [7, 11) is 0. The van der Waals surface area contributed by atoms with Gasteiger partial charge >= 0.3 is 0 Å². The molecule has 0 amide bonds. The summed E-state index contributed by atoms with van der Waals surface area (Å²) < 4.78 is 0. The molecule has 1 rings (SSSR count). The van der Waals surface area contributed by atoms with Gasteiger partial charge in [-0.05, 0) is 48.8 Å². The zero-order valence-corrected chi connectivity index (χ0v) is 13.8. The van der Waals surface area contributed by atoms with Crippen molar-refractivity contribution >= 4 is 6.08 Å². The number of benzene rings is 1. The van der Waals surface area contributed by atoms with E-state index in [-0.39, 0.29) is 0 Å². The van der Waals surface area contributed by atoms with Gasteiger partial charge in [0.15, 0.2) is 0 Å². The Morgan fingerprint density at radius 1 is 0.850 bits per heavy atom. The van der Waals surface area contributed by atoms with Crippen LogP contribution in [0.2, 0.25) is 0 Å². The van der Waals surface area contributed by atoms with Gasteiger partial charge in [0.2, 0.25) is 0 Å². The second-order valence-corrected chi connectivity index (χ2v) is 5.78. The van der Waals surface area contributed by atoms with Crippen LogP contribution < -0.4 is 0 Å². The van der Waals surface area contributed by atoms with Crippen LogP contribution in [-0.4, -0.2) is 0 Å². The van der Waals surface area contributed by atoms with Crippen molar-refractivity contribution in [2.75, 3.05) is 0 Å². The molecular formula is C20H32. The molecule has 0 N–H and O–H groups in total. The molecule has 0 bridgehead atoms. The lowest BCUT2D eigenvalue weighted by Crippen LogP contribution is -1.93. The molecule has 0 aromatic heterocycles. The van der Waals surface area contributed by atoms with E-state index in [0.717, 1.165) is 0 Å². The van der Waals surface area contributed by atoms with Gasteiger partial charge < -0.3 is 0 Å². The third-order valence-electron chi connectivity index (χ3n) is 3.85. The first-order chi connectivity index (χ1) is 9.81. The molecule has 0 spiro atoms. The van der Waals surface area contributed by atoms with E-state index in [9.17, 15) is 0 Å². The molecule has 0 atom stereocenters. The smallest absolute Gasteiger partial charge is 0.0228 e. The standard InChI is InChI=1S/C20H32/c1-4-7-10-11-14-19-16-15-18(12-8-5-2)17-20(19)13-9-6-3/h11,14-17H,4-10,12-13H2,1-3H3. The molecule has 20 heavy (non-hydrogen) atoms. The Kier molecular flexibility index (Phi) is 9.11. The van der Waals surface area contributed by atoms with Gasteiger partial charge in [-0.25, -0.2) is 0 Å². The van der Waals surface area contributed by atoms with E-state index in [1.165, 1.54) is 68.9 Å². The van der Waals surface area contributed by atoms with Crippen LogP contribution in [0.3, 0.4) is 0 Å². The molecule has 0 aliphatic heterocycles. The highest BCUT2D eigenvalue weighted by molar-refractivity contribution is 5.54. The molecule has 0 heterocycles. The molecular weight excluding hydrogens is 240 g/mol. The van der Waals surface area contributed by atoms with Gasteiger partial charge in [0.1, 0.15) is 0 Å². The van der Waals surface area contributed by atoms with E-state index < -0.39 is 0 Å². The zero-order valence-electron chi connectivity index (χ0n) is 13.8. The third-order valence-corrected chi connectivity index (χ3v) is 3.85. The number of hydrogen-bond acceptors (Lipinski definition) is 0. The van der Waals surface area contributed by atoms with Crippen molar-refractivity contribution in [1.82, 2.24) is 0 Å². The fourth-order valence-electron chi connectivity index (χ4n) is 2.47. The second-order valence-electron chi connectivity index (χ2n) is 5.78. The maximum absolute atomic E-state index is 2.45. The fourth-order valence-corrected chi connectivity index (χ4v) is 2.47. The summed E-state index contributed by atoms with van der Waals surface area (Å²) in [5.41, 5.74) is 4.51. The minimum Gasteiger partial charge on any atom is -0.0839 e. The summed E-state index contributed by atoms with van der Waals surface area (Å²) in [5.74, 6) is 0. The van der Waals surface area contributed by atoms with Gasteiger partial charge in [0.25, 0.3) is 0 Å². The SMILES string of the molecule is CCCCC=Cc1ccc(CCCC)cc1CCCC. The van der Waals surface area contributed by atoms with Crippen molar-refractivity contribution in [1.29, 1.82) is 0 Å². The quantitative estimate of drug-likeness (QED) is 0.422. The second kappa shape index (κ2) is 10.7. The molecule has 0 nitrogen and oxygen atoms in total. The maximum atomic E-state index is 2.45. The van der Waals surface area contributed by atoms with E-state index in [1.54, 1.807) is 5.56 Å². The highest BCUT2D eigenvalue weighted by Crippen LogP contribution is 2.18. The Bertz CT molecular complexity index is 387. The molecule has 0 unspecified atom stereocenters. The largest absolute Gasteiger partial charge is 0.0839 e. The van der Waals surface area contributed by atoms with Crippen LogP contribution in [0.4, 0.5) is 0 Å². The van der Waals surface area contributed by atoms with Crippen molar-refractivity contribution in [2.45, 2.75) is 78.6 Å². The minimum absolute atomic E-state index is 1.21. The lowest BCUT2D eigenvalue weighted by Gasteiger charge is -2.09.